The highest BCUT2D eigenvalue weighted by Crippen LogP contribution is 2.20. The highest BCUT2D eigenvalue weighted by atomic mass is 32.1. The normalized spacial score (nSPS) is 11.0. The molecule has 1 N–H and O–H groups in total. The Morgan fingerprint density at radius 2 is 2.14 bits per heavy atom. The Morgan fingerprint density at radius 3 is 2.81 bits per heavy atom. The second-order valence-electron chi connectivity index (χ2n) is 5.12. The minimum Gasteiger partial charge on any atom is -0.481 e. The van der Waals surface area contributed by atoms with Crippen molar-refractivity contribution in [3.05, 3.63) is 29.3 Å². The summed E-state index contributed by atoms with van der Waals surface area (Å²) >= 11 is 1.50. The maximum atomic E-state index is 12.6. The van der Waals surface area contributed by atoms with E-state index in [1.807, 2.05) is 26.0 Å². The second kappa shape index (κ2) is 6.67. The largest absolute Gasteiger partial charge is 0.481 e. The predicted molar refractivity (Wildman–Crippen MR) is 82.7 cm³/mol. The van der Waals surface area contributed by atoms with Crippen LogP contribution in [0.3, 0.4) is 0 Å². The average molecular weight is 306 g/mol. The fraction of sp³-hybridized carbons (Fsp3) is 0.400. The van der Waals surface area contributed by atoms with Crippen LogP contribution in [0, 0.1) is 0 Å². The van der Waals surface area contributed by atoms with E-state index >= 15 is 0 Å². The SMILES string of the molecule is CC(C)N(CCCC(=O)O)C(=O)c1ccc2ncsc2c1. The van der Waals surface area contributed by atoms with Crippen LogP contribution in [0.15, 0.2) is 23.7 Å². The molecule has 0 radical (unpaired) electrons. The summed E-state index contributed by atoms with van der Waals surface area (Å²) in [5, 5.41) is 8.71. The van der Waals surface area contributed by atoms with Crippen molar-refractivity contribution in [2.45, 2.75) is 32.7 Å². The summed E-state index contributed by atoms with van der Waals surface area (Å²) < 4.78 is 0.982. The molecule has 0 atom stereocenters. The number of amides is 1. The number of carbonyl (C=O) groups is 2. The third-order valence-corrected chi connectivity index (χ3v) is 4.04. The Morgan fingerprint density at radius 1 is 1.38 bits per heavy atom. The standard InChI is InChI=1S/C15H18N2O3S/c1-10(2)17(7-3-4-14(18)19)15(20)11-5-6-12-13(8-11)21-9-16-12/h5-6,8-10H,3-4,7H2,1-2H3,(H,18,19). The number of carboxylic acids is 1. The molecule has 0 spiro atoms. The Kier molecular flexibility index (Phi) is 4.90. The minimum absolute atomic E-state index is 0.0310. The molecule has 0 aliphatic heterocycles. The lowest BCUT2D eigenvalue weighted by molar-refractivity contribution is -0.137. The van der Waals surface area contributed by atoms with E-state index in [0.717, 1.165) is 10.2 Å². The molecular formula is C15H18N2O3S. The van der Waals surface area contributed by atoms with Crippen LogP contribution in [-0.2, 0) is 4.79 Å². The zero-order chi connectivity index (χ0) is 15.4. The summed E-state index contributed by atoms with van der Waals surface area (Å²) in [7, 11) is 0. The molecule has 0 unspecified atom stereocenters. The van der Waals surface area contributed by atoms with Crippen molar-refractivity contribution in [1.29, 1.82) is 0 Å². The molecule has 2 rings (SSSR count). The molecule has 21 heavy (non-hydrogen) atoms. The Balaban J connectivity index is 2.14. The van der Waals surface area contributed by atoms with E-state index in [4.69, 9.17) is 5.11 Å². The van der Waals surface area contributed by atoms with Gasteiger partial charge in [-0.2, -0.15) is 0 Å². The number of benzene rings is 1. The first-order chi connectivity index (χ1) is 9.99. The molecular weight excluding hydrogens is 288 g/mol. The Labute approximate surface area is 127 Å². The quantitative estimate of drug-likeness (QED) is 0.890. The highest BCUT2D eigenvalue weighted by Gasteiger charge is 2.19. The van der Waals surface area contributed by atoms with Crippen LogP contribution in [0.4, 0.5) is 0 Å². The van der Waals surface area contributed by atoms with E-state index in [9.17, 15) is 9.59 Å². The van der Waals surface area contributed by atoms with E-state index in [1.165, 1.54) is 11.3 Å². The van der Waals surface area contributed by atoms with Crippen LogP contribution < -0.4 is 0 Å². The third kappa shape index (κ3) is 3.78. The molecule has 1 aromatic carbocycles. The van der Waals surface area contributed by atoms with Crippen LogP contribution in [-0.4, -0.2) is 39.5 Å². The highest BCUT2D eigenvalue weighted by molar-refractivity contribution is 7.16. The van der Waals surface area contributed by atoms with Crippen molar-refractivity contribution in [2.24, 2.45) is 0 Å². The lowest BCUT2D eigenvalue weighted by Crippen LogP contribution is -2.37. The zero-order valence-corrected chi connectivity index (χ0v) is 12.9. The number of thiazole rings is 1. The molecule has 0 saturated heterocycles. The topological polar surface area (TPSA) is 70.5 Å². The van der Waals surface area contributed by atoms with Crippen molar-refractivity contribution >= 4 is 33.4 Å². The summed E-state index contributed by atoms with van der Waals surface area (Å²) in [5.74, 6) is -0.900. The molecule has 1 heterocycles. The maximum absolute atomic E-state index is 12.6. The van der Waals surface area contributed by atoms with Crippen LogP contribution >= 0.6 is 11.3 Å². The Bertz CT molecular complexity index is 651. The van der Waals surface area contributed by atoms with Gasteiger partial charge in [0.15, 0.2) is 0 Å². The zero-order valence-electron chi connectivity index (χ0n) is 12.1. The van der Waals surface area contributed by atoms with E-state index in [1.54, 1.807) is 16.5 Å². The molecule has 0 saturated carbocycles. The van der Waals surface area contributed by atoms with E-state index in [0.29, 0.717) is 18.5 Å². The van der Waals surface area contributed by atoms with Crippen molar-refractivity contribution in [2.75, 3.05) is 6.54 Å². The van der Waals surface area contributed by atoms with Crippen molar-refractivity contribution < 1.29 is 14.7 Å². The number of rotatable bonds is 6. The van der Waals surface area contributed by atoms with E-state index in [2.05, 4.69) is 4.98 Å². The van der Waals surface area contributed by atoms with Crippen molar-refractivity contribution in [3.8, 4) is 0 Å². The number of carboxylic acid groups (broad SMARTS) is 1. The van der Waals surface area contributed by atoms with Crippen molar-refractivity contribution in [1.82, 2.24) is 9.88 Å². The van der Waals surface area contributed by atoms with Gasteiger partial charge in [0.05, 0.1) is 15.7 Å². The number of aliphatic carboxylic acids is 1. The number of hydrogen-bond acceptors (Lipinski definition) is 4. The molecule has 1 amide bonds. The molecule has 1 aromatic heterocycles. The maximum Gasteiger partial charge on any atom is 0.303 e. The van der Waals surface area contributed by atoms with Gasteiger partial charge >= 0.3 is 5.97 Å². The molecule has 6 heteroatoms. The Hall–Kier alpha value is -1.95. The molecule has 5 nitrogen and oxygen atoms in total. The smallest absolute Gasteiger partial charge is 0.303 e. The van der Waals surface area contributed by atoms with Gasteiger partial charge < -0.3 is 10.0 Å². The number of hydrogen-bond donors (Lipinski definition) is 1. The van der Waals surface area contributed by atoms with Crippen molar-refractivity contribution in [3.63, 3.8) is 0 Å². The van der Waals surface area contributed by atoms with Gasteiger partial charge in [0.2, 0.25) is 0 Å². The van der Waals surface area contributed by atoms with Gasteiger partial charge in [-0.05, 0) is 38.5 Å². The van der Waals surface area contributed by atoms with Gasteiger partial charge in [-0.3, -0.25) is 9.59 Å². The molecule has 0 fully saturated rings. The van der Waals surface area contributed by atoms with Gasteiger partial charge in [-0.25, -0.2) is 4.98 Å². The van der Waals surface area contributed by atoms with Gasteiger partial charge in [0, 0.05) is 24.6 Å². The first-order valence-corrected chi connectivity index (χ1v) is 7.73. The molecule has 112 valence electrons. The number of carbonyl (C=O) groups excluding carboxylic acids is 1. The van der Waals surface area contributed by atoms with Crippen LogP contribution in [0.1, 0.15) is 37.0 Å². The lowest BCUT2D eigenvalue weighted by Gasteiger charge is -2.26. The number of nitrogens with zero attached hydrogens (tertiary/aromatic N) is 2. The molecule has 0 aliphatic rings. The summed E-state index contributed by atoms with van der Waals surface area (Å²) in [6.45, 7) is 4.32. The second-order valence-corrected chi connectivity index (χ2v) is 6.01. The fourth-order valence-electron chi connectivity index (χ4n) is 2.15. The molecule has 2 aromatic rings. The first-order valence-electron chi connectivity index (χ1n) is 6.85. The summed E-state index contributed by atoms with van der Waals surface area (Å²) in [5.41, 5.74) is 3.26. The van der Waals surface area contributed by atoms with E-state index < -0.39 is 5.97 Å². The van der Waals surface area contributed by atoms with Gasteiger partial charge in [0.1, 0.15) is 0 Å². The van der Waals surface area contributed by atoms with Crippen LogP contribution in [0.5, 0.6) is 0 Å². The summed E-state index contributed by atoms with van der Waals surface area (Å²) in [6.07, 6.45) is 0.534. The van der Waals surface area contributed by atoms with Gasteiger partial charge in [0.25, 0.3) is 5.91 Å². The summed E-state index contributed by atoms with van der Waals surface area (Å²) in [6, 6.07) is 5.50. The first kappa shape index (κ1) is 15.4. The summed E-state index contributed by atoms with van der Waals surface area (Å²) in [4.78, 5) is 29.1. The fourth-order valence-corrected chi connectivity index (χ4v) is 2.87. The predicted octanol–water partition coefficient (Wildman–Crippen LogP) is 3.01. The van der Waals surface area contributed by atoms with Gasteiger partial charge in [-0.1, -0.05) is 0 Å². The lowest BCUT2D eigenvalue weighted by atomic mass is 10.1. The molecule has 0 aliphatic carbocycles. The number of aromatic nitrogens is 1. The van der Waals surface area contributed by atoms with Crippen LogP contribution in [0.2, 0.25) is 0 Å². The van der Waals surface area contributed by atoms with Gasteiger partial charge in [-0.15, -0.1) is 11.3 Å². The monoisotopic (exact) mass is 306 g/mol. The average Bonchev–Trinajstić information content (AvgIpc) is 2.89. The third-order valence-electron chi connectivity index (χ3n) is 3.25. The molecule has 0 bridgehead atoms. The van der Waals surface area contributed by atoms with E-state index in [-0.39, 0.29) is 18.4 Å². The number of fused-ring (bicyclic) bond motifs is 1. The minimum atomic E-state index is -0.836. The van der Waals surface area contributed by atoms with Crippen LogP contribution in [0.25, 0.3) is 10.2 Å².